The van der Waals surface area contributed by atoms with Crippen LogP contribution in [0.15, 0.2) is 194 Å². The molecule has 0 saturated carbocycles. The Morgan fingerprint density at radius 2 is 0.736 bits per heavy atom. The van der Waals surface area contributed by atoms with Crippen LogP contribution in [0.25, 0.3) is 108 Å². The van der Waals surface area contributed by atoms with Crippen LogP contribution in [0.2, 0.25) is 0 Å². The summed E-state index contributed by atoms with van der Waals surface area (Å²) in [6.07, 6.45) is 0. The van der Waals surface area contributed by atoms with E-state index in [4.69, 9.17) is 0 Å². The monoisotopic (exact) mass is 688 g/mol. The fourth-order valence-corrected chi connectivity index (χ4v) is 9.93. The van der Waals surface area contributed by atoms with Gasteiger partial charge in [0.15, 0.2) is 0 Å². The lowest BCUT2D eigenvalue weighted by molar-refractivity contribution is 1.59. The van der Waals surface area contributed by atoms with Crippen molar-refractivity contribution in [2.75, 3.05) is 0 Å². The van der Waals surface area contributed by atoms with Crippen LogP contribution in [0.1, 0.15) is 0 Å². The van der Waals surface area contributed by atoms with E-state index in [1.165, 1.54) is 108 Å². The quantitative estimate of drug-likeness (QED) is 0.162. The van der Waals surface area contributed by atoms with Gasteiger partial charge in [-0.1, -0.05) is 188 Å². The van der Waals surface area contributed by atoms with E-state index in [9.17, 15) is 0 Å². The van der Waals surface area contributed by atoms with E-state index in [-0.39, 0.29) is 0 Å². The second kappa shape index (κ2) is 12.0. The van der Waals surface area contributed by atoms with Gasteiger partial charge in [0, 0.05) is 20.2 Å². The molecule has 1 heterocycles. The zero-order valence-corrected chi connectivity index (χ0v) is 29.7. The summed E-state index contributed by atoms with van der Waals surface area (Å²) in [5, 5.41) is 12.9. The number of benzene rings is 10. The van der Waals surface area contributed by atoms with Crippen molar-refractivity contribution in [3.8, 4) is 44.5 Å². The van der Waals surface area contributed by atoms with Gasteiger partial charge in [-0.15, -0.1) is 11.3 Å². The van der Waals surface area contributed by atoms with Gasteiger partial charge in [-0.2, -0.15) is 0 Å². The van der Waals surface area contributed by atoms with Gasteiger partial charge in [-0.25, -0.2) is 0 Å². The fourth-order valence-electron chi connectivity index (χ4n) is 8.66. The topological polar surface area (TPSA) is 0 Å². The van der Waals surface area contributed by atoms with E-state index in [2.05, 4.69) is 194 Å². The average Bonchev–Trinajstić information content (AvgIpc) is 3.61. The zero-order chi connectivity index (χ0) is 34.9. The van der Waals surface area contributed by atoms with E-state index >= 15 is 0 Å². The highest BCUT2D eigenvalue weighted by Gasteiger charge is 2.18. The van der Waals surface area contributed by atoms with E-state index in [1.54, 1.807) is 0 Å². The minimum atomic E-state index is 1.21. The lowest BCUT2D eigenvalue weighted by Gasteiger charge is -2.18. The first kappa shape index (κ1) is 30.1. The van der Waals surface area contributed by atoms with Crippen molar-refractivity contribution in [2.45, 2.75) is 0 Å². The Hall–Kier alpha value is -6.54. The molecule has 10 aromatic carbocycles. The van der Waals surface area contributed by atoms with Gasteiger partial charge < -0.3 is 0 Å². The molecule has 0 saturated heterocycles. The molecule has 11 aromatic rings. The van der Waals surface area contributed by atoms with Crippen LogP contribution < -0.4 is 0 Å². The standard InChI is InChI=1S/C52H32S/c1-3-15-38-33(12-1)14-11-23-42(38)41-18-6-5-16-39(41)35-24-26-36(27-25-35)50-44-19-7-9-21-46(44)51(47-22-10-8-20-45(47)50)37-29-30-43-48-31-28-34-13-2-4-17-40(34)52(48)53-49(43)32-37/h1-32H. The Labute approximate surface area is 311 Å². The summed E-state index contributed by atoms with van der Waals surface area (Å²) < 4.78 is 2.69. The summed E-state index contributed by atoms with van der Waals surface area (Å²) in [5.41, 5.74) is 10.0. The summed E-state index contributed by atoms with van der Waals surface area (Å²) in [6.45, 7) is 0. The number of hydrogen-bond acceptors (Lipinski definition) is 1. The second-order valence-electron chi connectivity index (χ2n) is 14.0. The normalized spacial score (nSPS) is 11.8. The minimum Gasteiger partial charge on any atom is -0.135 e. The molecule has 0 radical (unpaired) electrons. The van der Waals surface area contributed by atoms with Gasteiger partial charge in [0.25, 0.3) is 0 Å². The Balaban J connectivity index is 1.07. The predicted molar refractivity (Wildman–Crippen MR) is 231 cm³/mol. The maximum Gasteiger partial charge on any atom is 0.0433 e. The van der Waals surface area contributed by atoms with Crippen LogP contribution in [0, 0.1) is 0 Å². The molecule has 246 valence electrons. The molecule has 53 heavy (non-hydrogen) atoms. The van der Waals surface area contributed by atoms with Crippen molar-refractivity contribution in [1.29, 1.82) is 0 Å². The van der Waals surface area contributed by atoms with Crippen LogP contribution in [0.3, 0.4) is 0 Å². The van der Waals surface area contributed by atoms with Crippen molar-refractivity contribution in [3.05, 3.63) is 194 Å². The molecule has 1 heteroatoms. The summed E-state index contributed by atoms with van der Waals surface area (Å²) in [4.78, 5) is 0. The van der Waals surface area contributed by atoms with E-state index in [0.717, 1.165) is 0 Å². The third-order valence-corrected chi connectivity index (χ3v) is 12.3. The molecule has 11 rings (SSSR count). The molecule has 0 spiro atoms. The molecule has 0 aliphatic carbocycles. The molecule has 0 N–H and O–H groups in total. The van der Waals surface area contributed by atoms with Gasteiger partial charge in [0.1, 0.15) is 0 Å². The van der Waals surface area contributed by atoms with Crippen LogP contribution in [0.5, 0.6) is 0 Å². The first-order chi connectivity index (χ1) is 26.3. The number of rotatable bonds is 4. The molecule has 0 aliphatic rings. The lowest BCUT2D eigenvalue weighted by Crippen LogP contribution is -1.91. The smallest absolute Gasteiger partial charge is 0.0433 e. The SMILES string of the molecule is c1ccc(-c2cccc3ccccc23)c(-c2ccc(-c3c4ccccc4c(-c4ccc5c(c4)sc4c6ccccc6ccc54)c4ccccc34)cc2)c1. The molecule has 0 bridgehead atoms. The highest BCUT2D eigenvalue weighted by Crippen LogP contribution is 2.46. The van der Waals surface area contributed by atoms with Crippen molar-refractivity contribution in [1.82, 2.24) is 0 Å². The molecule has 0 unspecified atom stereocenters. The molecule has 0 atom stereocenters. The van der Waals surface area contributed by atoms with Gasteiger partial charge in [0.05, 0.1) is 0 Å². The zero-order valence-electron chi connectivity index (χ0n) is 28.9. The molecular formula is C52H32S. The van der Waals surface area contributed by atoms with Crippen LogP contribution in [-0.4, -0.2) is 0 Å². The van der Waals surface area contributed by atoms with E-state index in [1.807, 2.05) is 11.3 Å². The Morgan fingerprint density at radius 1 is 0.264 bits per heavy atom. The third kappa shape index (κ3) is 4.75. The van der Waals surface area contributed by atoms with Crippen LogP contribution >= 0.6 is 11.3 Å². The van der Waals surface area contributed by atoms with Gasteiger partial charge in [0.2, 0.25) is 0 Å². The summed E-state index contributed by atoms with van der Waals surface area (Å²) in [5.74, 6) is 0. The van der Waals surface area contributed by atoms with Gasteiger partial charge in [-0.05, 0) is 93.7 Å². The number of thiophene rings is 1. The molecule has 0 aliphatic heterocycles. The van der Waals surface area contributed by atoms with Gasteiger partial charge in [-0.3, -0.25) is 0 Å². The number of hydrogen-bond donors (Lipinski definition) is 0. The van der Waals surface area contributed by atoms with E-state index < -0.39 is 0 Å². The summed E-state index contributed by atoms with van der Waals surface area (Å²) in [6, 6.07) is 71.6. The fraction of sp³-hybridized carbons (Fsp3) is 0. The van der Waals surface area contributed by atoms with Crippen LogP contribution in [-0.2, 0) is 0 Å². The third-order valence-electron chi connectivity index (χ3n) is 11.1. The van der Waals surface area contributed by atoms with Crippen molar-refractivity contribution in [2.24, 2.45) is 0 Å². The second-order valence-corrected chi connectivity index (χ2v) is 15.0. The first-order valence-corrected chi connectivity index (χ1v) is 19.1. The Morgan fingerprint density at radius 3 is 1.43 bits per heavy atom. The minimum absolute atomic E-state index is 1.21. The molecule has 0 nitrogen and oxygen atoms in total. The maximum atomic E-state index is 2.42. The lowest BCUT2D eigenvalue weighted by atomic mass is 9.85. The summed E-state index contributed by atoms with van der Waals surface area (Å²) in [7, 11) is 0. The largest absolute Gasteiger partial charge is 0.135 e. The maximum absolute atomic E-state index is 2.42. The highest BCUT2D eigenvalue weighted by molar-refractivity contribution is 7.26. The molecule has 0 fully saturated rings. The molecule has 1 aromatic heterocycles. The first-order valence-electron chi connectivity index (χ1n) is 18.3. The Bertz CT molecular complexity index is 3150. The highest BCUT2D eigenvalue weighted by atomic mass is 32.1. The van der Waals surface area contributed by atoms with Gasteiger partial charge >= 0.3 is 0 Å². The molecule has 0 amide bonds. The summed E-state index contributed by atoms with van der Waals surface area (Å²) >= 11 is 1.91. The number of fused-ring (bicyclic) bond motifs is 8. The van der Waals surface area contributed by atoms with Crippen LogP contribution in [0.4, 0.5) is 0 Å². The molecular weight excluding hydrogens is 657 g/mol. The van der Waals surface area contributed by atoms with E-state index in [0.29, 0.717) is 0 Å². The van der Waals surface area contributed by atoms with Crippen molar-refractivity contribution >= 4 is 74.6 Å². The predicted octanol–water partition coefficient (Wildman–Crippen LogP) is 15.3. The van der Waals surface area contributed by atoms with Crippen molar-refractivity contribution < 1.29 is 0 Å². The van der Waals surface area contributed by atoms with Crippen molar-refractivity contribution in [3.63, 3.8) is 0 Å². The average molecular weight is 689 g/mol. The Kier molecular flexibility index (Phi) is 6.83.